The van der Waals surface area contributed by atoms with Crippen molar-refractivity contribution < 1.29 is 19.1 Å². The number of hydrogen-bond acceptors (Lipinski definition) is 6. The van der Waals surface area contributed by atoms with Crippen molar-refractivity contribution in [2.24, 2.45) is 5.73 Å². The van der Waals surface area contributed by atoms with E-state index in [-0.39, 0.29) is 35.9 Å². The first-order valence-corrected chi connectivity index (χ1v) is 11.4. The van der Waals surface area contributed by atoms with Crippen molar-refractivity contribution in [3.8, 4) is 5.75 Å². The van der Waals surface area contributed by atoms with Crippen LogP contribution in [0, 0.1) is 6.92 Å². The van der Waals surface area contributed by atoms with Crippen molar-refractivity contribution in [3.63, 3.8) is 0 Å². The van der Waals surface area contributed by atoms with Gasteiger partial charge in [-0.05, 0) is 31.5 Å². The van der Waals surface area contributed by atoms with Gasteiger partial charge >= 0.3 is 5.97 Å². The zero-order valence-electron chi connectivity index (χ0n) is 19.1. The van der Waals surface area contributed by atoms with Crippen LogP contribution in [-0.4, -0.2) is 23.5 Å². The molecule has 5 rings (SSSR count). The number of carbonyl (C=O) groups excluding carboxylic acids is 2. The highest BCUT2D eigenvalue weighted by atomic mass is 35.5. The molecular weight excluding hydrogens is 470 g/mol. The van der Waals surface area contributed by atoms with Gasteiger partial charge in [0.1, 0.15) is 16.7 Å². The number of hydrogen-bond donors (Lipinski definition) is 2. The Morgan fingerprint density at radius 1 is 1.17 bits per heavy atom. The molecule has 1 atom stereocenters. The van der Waals surface area contributed by atoms with E-state index in [1.165, 1.54) is 4.90 Å². The first-order chi connectivity index (χ1) is 16.8. The minimum Gasteiger partial charge on any atom is -0.462 e. The lowest BCUT2D eigenvalue weighted by Gasteiger charge is -2.35. The van der Waals surface area contributed by atoms with Crippen molar-refractivity contribution in [2.75, 3.05) is 11.5 Å². The van der Waals surface area contributed by atoms with Gasteiger partial charge in [0.15, 0.2) is 0 Å². The number of para-hydroxylation sites is 1. The summed E-state index contributed by atoms with van der Waals surface area (Å²) in [6.07, 6.45) is 0. The topological polar surface area (TPSA) is 115 Å². The maximum atomic E-state index is 14.5. The van der Waals surface area contributed by atoms with E-state index in [1.807, 2.05) is 12.1 Å². The predicted octanol–water partition coefficient (Wildman–Crippen LogP) is 3.30. The lowest BCUT2D eigenvalue weighted by Crippen LogP contribution is -2.51. The number of ether oxygens (including phenoxy) is 2. The average molecular weight is 492 g/mol. The van der Waals surface area contributed by atoms with Crippen LogP contribution in [0.15, 0.2) is 70.8 Å². The second-order valence-electron chi connectivity index (χ2n) is 8.33. The van der Waals surface area contributed by atoms with Crippen LogP contribution < -0.4 is 20.9 Å². The molecule has 178 valence electrons. The van der Waals surface area contributed by atoms with Crippen LogP contribution in [0.2, 0.25) is 5.02 Å². The van der Waals surface area contributed by atoms with E-state index in [4.69, 9.17) is 26.8 Å². The Morgan fingerprint density at radius 2 is 1.89 bits per heavy atom. The predicted molar refractivity (Wildman–Crippen MR) is 130 cm³/mol. The lowest BCUT2D eigenvalue weighted by molar-refractivity contribution is -0.140. The van der Waals surface area contributed by atoms with Crippen molar-refractivity contribution in [1.82, 2.24) is 4.98 Å². The number of benzene rings is 2. The highest BCUT2D eigenvalue weighted by molar-refractivity contribution is 6.31. The molecule has 0 aliphatic carbocycles. The number of halogens is 1. The van der Waals surface area contributed by atoms with Gasteiger partial charge in [0.25, 0.3) is 5.56 Å². The van der Waals surface area contributed by atoms with E-state index in [2.05, 4.69) is 4.98 Å². The summed E-state index contributed by atoms with van der Waals surface area (Å²) in [4.78, 5) is 45.4. The molecule has 0 saturated carbocycles. The smallest absolute Gasteiger partial charge is 0.341 e. The Hall–Kier alpha value is -4.04. The van der Waals surface area contributed by atoms with E-state index in [9.17, 15) is 14.4 Å². The van der Waals surface area contributed by atoms with Crippen LogP contribution >= 0.6 is 11.6 Å². The highest BCUT2D eigenvalue weighted by Gasteiger charge is 2.62. The van der Waals surface area contributed by atoms with Crippen LogP contribution in [0.4, 0.5) is 5.69 Å². The van der Waals surface area contributed by atoms with Crippen molar-refractivity contribution in [3.05, 3.63) is 104 Å². The van der Waals surface area contributed by atoms with Gasteiger partial charge in [0.2, 0.25) is 11.8 Å². The molecule has 0 radical (unpaired) electrons. The highest BCUT2D eigenvalue weighted by Crippen LogP contribution is 2.54. The Balaban J connectivity index is 1.84. The lowest BCUT2D eigenvalue weighted by atomic mass is 9.68. The molecule has 2 aliphatic heterocycles. The number of H-pyrrole nitrogens is 1. The third kappa shape index (κ3) is 3.24. The number of rotatable bonds is 4. The first-order valence-electron chi connectivity index (χ1n) is 11.0. The largest absolute Gasteiger partial charge is 0.462 e. The molecule has 1 amide bonds. The van der Waals surface area contributed by atoms with Crippen LogP contribution in [0.5, 0.6) is 5.75 Å². The fourth-order valence-electron chi connectivity index (χ4n) is 4.92. The monoisotopic (exact) mass is 491 g/mol. The summed E-state index contributed by atoms with van der Waals surface area (Å²) in [5.41, 5.74) is 5.80. The van der Waals surface area contributed by atoms with Crippen molar-refractivity contribution in [2.45, 2.75) is 25.8 Å². The molecule has 0 fully saturated rings. The van der Waals surface area contributed by atoms with E-state index >= 15 is 0 Å². The van der Waals surface area contributed by atoms with E-state index in [1.54, 1.807) is 56.3 Å². The number of fused-ring (bicyclic) bond motifs is 4. The molecule has 0 bridgehead atoms. The summed E-state index contributed by atoms with van der Waals surface area (Å²) in [6.45, 7) is 3.49. The normalized spacial score (nSPS) is 18.4. The van der Waals surface area contributed by atoms with Crippen molar-refractivity contribution in [1.29, 1.82) is 0 Å². The van der Waals surface area contributed by atoms with Gasteiger partial charge in [-0.1, -0.05) is 48.0 Å². The van der Waals surface area contributed by atoms with Crippen LogP contribution in [0.3, 0.4) is 0 Å². The molecule has 2 aromatic carbocycles. The number of carbonyl (C=O) groups is 2. The van der Waals surface area contributed by atoms with Gasteiger partial charge in [-0.3, -0.25) is 9.59 Å². The zero-order chi connectivity index (χ0) is 24.9. The number of aryl methyl sites for hydroxylation is 1. The van der Waals surface area contributed by atoms with Gasteiger partial charge in [-0.25, -0.2) is 4.79 Å². The molecule has 1 spiro atoms. The number of nitrogens with two attached hydrogens (primary N) is 1. The SMILES string of the molecule is CCOC(=O)C1=C(N)Oc2cc(C)[nH]c(=O)c2[C@@]12C(=O)N(Cc1ccccc1Cl)c1ccccc12. The van der Waals surface area contributed by atoms with Crippen LogP contribution in [0.1, 0.15) is 29.3 Å². The number of pyridine rings is 1. The number of nitrogens with zero attached hydrogens (tertiary/aromatic N) is 1. The summed E-state index contributed by atoms with van der Waals surface area (Å²) in [6, 6.07) is 15.7. The van der Waals surface area contributed by atoms with Crippen LogP contribution in [0.25, 0.3) is 0 Å². The maximum absolute atomic E-state index is 14.5. The number of aromatic amines is 1. The van der Waals surface area contributed by atoms with Gasteiger partial charge in [-0.15, -0.1) is 0 Å². The Kier molecular flexibility index (Phi) is 5.40. The van der Waals surface area contributed by atoms with Gasteiger partial charge in [0.05, 0.1) is 18.7 Å². The zero-order valence-corrected chi connectivity index (χ0v) is 19.8. The Morgan fingerprint density at radius 3 is 2.63 bits per heavy atom. The van der Waals surface area contributed by atoms with Crippen LogP contribution in [-0.2, 0) is 26.3 Å². The number of esters is 1. The summed E-state index contributed by atoms with van der Waals surface area (Å²) in [7, 11) is 0. The summed E-state index contributed by atoms with van der Waals surface area (Å²) in [5.74, 6) is -1.54. The Labute approximate surface area is 205 Å². The molecule has 9 heteroatoms. The third-order valence-corrected chi connectivity index (χ3v) is 6.65. The first kappa shape index (κ1) is 22.7. The molecule has 35 heavy (non-hydrogen) atoms. The standard InChI is InChI=1S/C26H22ClN3O5/c1-3-34-24(32)21-22(28)35-19-12-14(2)29-23(31)20(19)26(21)16-9-5-7-11-18(16)30(25(26)33)13-15-8-4-6-10-17(15)27/h4-12H,3,13,28H2,1-2H3,(H,29,31)/t26-/m1/s1. The number of nitrogens with one attached hydrogen (secondary N) is 1. The summed E-state index contributed by atoms with van der Waals surface area (Å²) in [5, 5.41) is 0.486. The second kappa shape index (κ2) is 8.32. The molecule has 0 saturated heterocycles. The van der Waals surface area contributed by atoms with E-state index in [0.29, 0.717) is 27.5 Å². The van der Waals surface area contributed by atoms with Gasteiger partial charge in [0, 0.05) is 28.0 Å². The minimum absolute atomic E-state index is 0.0144. The molecular formula is C26H22ClN3O5. The maximum Gasteiger partial charge on any atom is 0.341 e. The molecule has 1 aromatic heterocycles. The van der Waals surface area contributed by atoms with E-state index in [0.717, 1.165) is 0 Å². The summed E-state index contributed by atoms with van der Waals surface area (Å²) < 4.78 is 11.0. The second-order valence-corrected chi connectivity index (χ2v) is 8.74. The molecule has 8 nitrogen and oxygen atoms in total. The number of anilines is 1. The van der Waals surface area contributed by atoms with Gasteiger partial charge < -0.3 is 25.1 Å². The molecule has 3 aromatic rings. The molecule has 3 heterocycles. The fourth-order valence-corrected chi connectivity index (χ4v) is 5.12. The van der Waals surface area contributed by atoms with Gasteiger partial charge in [-0.2, -0.15) is 0 Å². The average Bonchev–Trinajstić information content (AvgIpc) is 3.03. The van der Waals surface area contributed by atoms with Crippen molar-refractivity contribution >= 4 is 29.2 Å². The molecule has 0 unspecified atom stereocenters. The number of aromatic nitrogens is 1. The Bertz CT molecular complexity index is 1480. The fraction of sp³-hybridized carbons (Fsp3) is 0.192. The summed E-state index contributed by atoms with van der Waals surface area (Å²) >= 11 is 6.41. The van der Waals surface area contributed by atoms with E-state index < -0.39 is 22.9 Å². The third-order valence-electron chi connectivity index (χ3n) is 6.28. The minimum atomic E-state index is -1.86. The molecule has 3 N–H and O–H groups in total. The quantitative estimate of drug-likeness (QED) is 0.541. The molecule has 2 aliphatic rings. The number of amides is 1.